The molecule has 3 rings (SSSR count). The molecule has 0 radical (unpaired) electrons. The van der Waals surface area contributed by atoms with Crippen LogP contribution in [0.5, 0.6) is 5.75 Å². The number of piperazine rings is 1. The fraction of sp³-hybridized carbons (Fsp3) is 0.588. The SMILES string of the molecule is COc1ccccc1N1CCN(C(=O)CCNC2CC2)CC1. The Labute approximate surface area is 132 Å². The smallest absolute Gasteiger partial charge is 0.223 e. The van der Waals surface area contributed by atoms with E-state index in [1.165, 1.54) is 12.8 Å². The summed E-state index contributed by atoms with van der Waals surface area (Å²) in [7, 11) is 1.70. The second-order valence-electron chi connectivity index (χ2n) is 6.02. The van der Waals surface area contributed by atoms with Crippen molar-refractivity contribution in [2.45, 2.75) is 25.3 Å². The highest BCUT2D eigenvalue weighted by Gasteiger charge is 2.24. The first-order valence-corrected chi connectivity index (χ1v) is 8.17. The van der Waals surface area contributed by atoms with Crippen LogP contribution in [0.1, 0.15) is 19.3 Å². The average Bonchev–Trinajstić information content (AvgIpc) is 3.39. The summed E-state index contributed by atoms with van der Waals surface area (Å²) in [5.74, 6) is 1.17. The molecule has 1 aromatic rings. The third-order valence-corrected chi connectivity index (χ3v) is 4.41. The second-order valence-corrected chi connectivity index (χ2v) is 6.02. The number of benzene rings is 1. The predicted octanol–water partition coefficient (Wildman–Crippen LogP) is 1.49. The fourth-order valence-electron chi connectivity index (χ4n) is 2.92. The zero-order valence-corrected chi connectivity index (χ0v) is 13.3. The van der Waals surface area contributed by atoms with Gasteiger partial charge in [-0.05, 0) is 25.0 Å². The Kier molecular flexibility index (Phi) is 4.83. The number of carbonyl (C=O) groups excluding carboxylic acids is 1. The number of carbonyl (C=O) groups is 1. The Morgan fingerprint density at radius 1 is 1.23 bits per heavy atom. The maximum Gasteiger partial charge on any atom is 0.223 e. The van der Waals surface area contributed by atoms with Gasteiger partial charge in [0.05, 0.1) is 12.8 Å². The van der Waals surface area contributed by atoms with Gasteiger partial charge in [0.2, 0.25) is 5.91 Å². The highest BCUT2D eigenvalue weighted by atomic mass is 16.5. The molecule has 1 saturated carbocycles. The second kappa shape index (κ2) is 7.01. The molecule has 0 bridgehead atoms. The molecule has 22 heavy (non-hydrogen) atoms. The van der Waals surface area contributed by atoms with Gasteiger partial charge in [-0.1, -0.05) is 12.1 Å². The van der Waals surface area contributed by atoms with Gasteiger partial charge in [-0.15, -0.1) is 0 Å². The molecule has 1 N–H and O–H groups in total. The molecule has 2 aliphatic rings. The lowest BCUT2D eigenvalue weighted by molar-refractivity contribution is -0.131. The van der Waals surface area contributed by atoms with Crippen molar-refractivity contribution in [2.24, 2.45) is 0 Å². The lowest BCUT2D eigenvalue weighted by Gasteiger charge is -2.36. The van der Waals surface area contributed by atoms with Crippen LogP contribution in [-0.4, -0.2) is 56.7 Å². The third-order valence-electron chi connectivity index (χ3n) is 4.41. The van der Waals surface area contributed by atoms with Crippen LogP contribution in [0.4, 0.5) is 5.69 Å². The average molecular weight is 303 g/mol. The van der Waals surface area contributed by atoms with Crippen molar-refractivity contribution >= 4 is 11.6 Å². The topological polar surface area (TPSA) is 44.8 Å². The number of anilines is 1. The van der Waals surface area contributed by atoms with Crippen LogP contribution < -0.4 is 15.0 Å². The summed E-state index contributed by atoms with van der Waals surface area (Å²) in [4.78, 5) is 16.5. The Morgan fingerprint density at radius 3 is 2.64 bits per heavy atom. The first-order chi connectivity index (χ1) is 10.8. The van der Waals surface area contributed by atoms with Crippen LogP contribution in [0, 0.1) is 0 Å². The molecule has 0 aromatic heterocycles. The highest BCUT2D eigenvalue weighted by molar-refractivity contribution is 5.76. The lowest BCUT2D eigenvalue weighted by Crippen LogP contribution is -2.49. The molecule has 0 atom stereocenters. The molecule has 5 nitrogen and oxygen atoms in total. The van der Waals surface area contributed by atoms with E-state index in [4.69, 9.17) is 4.74 Å². The summed E-state index contributed by atoms with van der Waals surface area (Å²) in [6.07, 6.45) is 3.16. The van der Waals surface area contributed by atoms with Crippen molar-refractivity contribution < 1.29 is 9.53 Å². The molecule has 1 heterocycles. The van der Waals surface area contributed by atoms with Crippen LogP contribution in [0.15, 0.2) is 24.3 Å². The standard InChI is InChI=1S/C17H25N3O2/c1-22-16-5-3-2-4-15(16)19-10-12-20(13-11-19)17(21)8-9-18-14-6-7-14/h2-5,14,18H,6-13H2,1H3. The first-order valence-electron chi connectivity index (χ1n) is 8.17. The first kappa shape index (κ1) is 15.2. The van der Waals surface area contributed by atoms with Crippen molar-refractivity contribution in [2.75, 3.05) is 44.7 Å². The normalized spacial score (nSPS) is 18.4. The van der Waals surface area contributed by atoms with E-state index in [2.05, 4.69) is 16.3 Å². The lowest BCUT2D eigenvalue weighted by atomic mass is 10.2. The Bertz CT molecular complexity index is 508. The van der Waals surface area contributed by atoms with Gasteiger partial charge in [0.15, 0.2) is 0 Å². The van der Waals surface area contributed by atoms with Crippen LogP contribution in [0.2, 0.25) is 0 Å². The van der Waals surface area contributed by atoms with Crippen LogP contribution in [0.25, 0.3) is 0 Å². The van der Waals surface area contributed by atoms with Crippen molar-refractivity contribution in [3.63, 3.8) is 0 Å². The number of para-hydroxylation sites is 2. The summed E-state index contributed by atoms with van der Waals surface area (Å²) < 4.78 is 5.42. The molecule has 1 aliphatic carbocycles. The molecule has 1 aromatic carbocycles. The molecular formula is C17H25N3O2. The summed E-state index contributed by atoms with van der Waals surface area (Å²) in [5.41, 5.74) is 1.12. The number of amides is 1. The summed E-state index contributed by atoms with van der Waals surface area (Å²) in [6.45, 7) is 4.13. The molecule has 2 fully saturated rings. The van der Waals surface area contributed by atoms with Gasteiger partial charge in [-0.3, -0.25) is 4.79 Å². The van der Waals surface area contributed by atoms with Gasteiger partial charge in [0.1, 0.15) is 5.75 Å². The quantitative estimate of drug-likeness (QED) is 0.865. The van der Waals surface area contributed by atoms with Gasteiger partial charge in [-0.25, -0.2) is 0 Å². The molecule has 1 aliphatic heterocycles. The number of rotatable bonds is 6. The third kappa shape index (κ3) is 3.71. The number of ether oxygens (including phenoxy) is 1. The van der Waals surface area contributed by atoms with Crippen LogP contribution >= 0.6 is 0 Å². The summed E-state index contributed by atoms with van der Waals surface area (Å²) >= 11 is 0. The van der Waals surface area contributed by atoms with E-state index in [1.807, 2.05) is 23.1 Å². The number of methoxy groups -OCH3 is 1. The highest BCUT2D eigenvalue weighted by Crippen LogP contribution is 2.28. The largest absolute Gasteiger partial charge is 0.495 e. The Morgan fingerprint density at radius 2 is 1.95 bits per heavy atom. The van der Waals surface area contributed by atoms with Gasteiger partial charge < -0.3 is 19.9 Å². The molecule has 1 amide bonds. The minimum Gasteiger partial charge on any atom is -0.495 e. The monoisotopic (exact) mass is 303 g/mol. The molecular weight excluding hydrogens is 278 g/mol. The van der Waals surface area contributed by atoms with Crippen molar-refractivity contribution in [1.82, 2.24) is 10.2 Å². The van der Waals surface area contributed by atoms with E-state index in [-0.39, 0.29) is 5.91 Å². The van der Waals surface area contributed by atoms with E-state index >= 15 is 0 Å². The Balaban J connectivity index is 1.47. The molecule has 5 heteroatoms. The molecule has 1 saturated heterocycles. The van der Waals surface area contributed by atoms with Gasteiger partial charge in [0, 0.05) is 45.2 Å². The Hall–Kier alpha value is -1.75. The maximum atomic E-state index is 12.2. The minimum atomic E-state index is 0.271. The van der Waals surface area contributed by atoms with Crippen LogP contribution in [-0.2, 0) is 4.79 Å². The number of nitrogens with zero attached hydrogens (tertiary/aromatic N) is 2. The number of hydrogen-bond acceptors (Lipinski definition) is 4. The zero-order valence-electron chi connectivity index (χ0n) is 13.3. The van der Waals surface area contributed by atoms with E-state index in [9.17, 15) is 4.79 Å². The van der Waals surface area contributed by atoms with Crippen molar-refractivity contribution in [3.05, 3.63) is 24.3 Å². The number of nitrogens with one attached hydrogen (secondary N) is 1. The summed E-state index contributed by atoms with van der Waals surface area (Å²) in [5, 5.41) is 3.40. The minimum absolute atomic E-state index is 0.271. The van der Waals surface area contributed by atoms with E-state index in [0.717, 1.165) is 44.2 Å². The molecule has 0 unspecified atom stereocenters. The van der Waals surface area contributed by atoms with E-state index in [1.54, 1.807) is 7.11 Å². The van der Waals surface area contributed by atoms with Gasteiger partial charge in [-0.2, -0.15) is 0 Å². The fourth-order valence-corrected chi connectivity index (χ4v) is 2.92. The van der Waals surface area contributed by atoms with Gasteiger partial charge in [0.25, 0.3) is 0 Å². The predicted molar refractivity (Wildman–Crippen MR) is 87.4 cm³/mol. The maximum absolute atomic E-state index is 12.2. The van der Waals surface area contributed by atoms with E-state index in [0.29, 0.717) is 12.5 Å². The molecule has 0 spiro atoms. The van der Waals surface area contributed by atoms with Crippen molar-refractivity contribution in [3.8, 4) is 5.75 Å². The van der Waals surface area contributed by atoms with Crippen LogP contribution in [0.3, 0.4) is 0 Å². The van der Waals surface area contributed by atoms with Gasteiger partial charge >= 0.3 is 0 Å². The van der Waals surface area contributed by atoms with Crippen molar-refractivity contribution in [1.29, 1.82) is 0 Å². The zero-order chi connectivity index (χ0) is 15.4. The summed E-state index contributed by atoms with van der Waals surface area (Å²) in [6, 6.07) is 8.75. The molecule has 120 valence electrons. The van der Waals surface area contributed by atoms with E-state index < -0.39 is 0 Å². The number of hydrogen-bond donors (Lipinski definition) is 1.